The summed E-state index contributed by atoms with van der Waals surface area (Å²) in [6.07, 6.45) is 2.92. The Labute approximate surface area is 193 Å². The molecule has 1 atom stereocenters. The van der Waals surface area contributed by atoms with Gasteiger partial charge < -0.3 is 14.2 Å². The van der Waals surface area contributed by atoms with E-state index in [1.165, 1.54) is 22.2 Å². The molecule has 1 aliphatic rings. The van der Waals surface area contributed by atoms with Crippen LogP contribution in [0, 0.1) is 0 Å². The first kappa shape index (κ1) is 23.2. The van der Waals surface area contributed by atoms with Crippen LogP contribution in [0.3, 0.4) is 0 Å². The topological polar surface area (TPSA) is 48.0 Å². The van der Waals surface area contributed by atoms with Crippen molar-refractivity contribution in [1.82, 2.24) is 4.90 Å². The second-order valence-electron chi connectivity index (χ2n) is 7.23. The van der Waals surface area contributed by atoms with Crippen LogP contribution in [0.5, 0.6) is 17.2 Å². The molecular formula is C24H27NO4S2. The van der Waals surface area contributed by atoms with E-state index in [0.29, 0.717) is 39.9 Å². The van der Waals surface area contributed by atoms with Gasteiger partial charge in [-0.15, -0.1) is 0 Å². The summed E-state index contributed by atoms with van der Waals surface area (Å²) in [6, 6.07) is 13.8. The number of rotatable bonds is 9. The average Bonchev–Trinajstić information content (AvgIpc) is 3.03. The van der Waals surface area contributed by atoms with Gasteiger partial charge in [-0.05, 0) is 53.8 Å². The third kappa shape index (κ3) is 5.80. The standard InChI is InChI=1S/C24H27NO4S2/c1-5-16(2)18-7-9-19(10-8-18)28-12-13-29-20-11-6-17(14-21(20)27-4)15-22-23(26)25(3)24(30)31-22/h6-11,14-16H,5,12-13H2,1-4H3/b22-15-/t16-/m0/s1. The quantitative estimate of drug-likeness (QED) is 0.282. The van der Waals surface area contributed by atoms with Crippen molar-refractivity contribution in [2.45, 2.75) is 26.2 Å². The molecular weight excluding hydrogens is 430 g/mol. The molecule has 3 rings (SSSR count). The highest BCUT2D eigenvalue weighted by Gasteiger charge is 2.28. The molecule has 0 radical (unpaired) electrons. The predicted molar refractivity (Wildman–Crippen MR) is 130 cm³/mol. The van der Waals surface area contributed by atoms with Crippen LogP contribution < -0.4 is 14.2 Å². The minimum atomic E-state index is -0.0939. The Kier molecular flexibility index (Phi) is 7.98. The summed E-state index contributed by atoms with van der Waals surface area (Å²) in [4.78, 5) is 14.2. The zero-order valence-corrected chi connectivity index (χ0v) is 19.8. The van der Waals surface area contributed by atoms with E-state index in [1.807, 2.05) is 30.3 Å². The van der Waals surface area contributed by atoms with Gasteiger partial charge in [0.25, 0.3) is 5.91 Å². The molecule has 1 amide bonds. The highest BCUT2D eigenvalue weighted by molar-refractivity contribution is 8.26. The van der Waals surface area contributed by atoms with Crippen LogP contribution in [0.2, 0.25) is 0 Å². The van der Waals surface area contributed by atoms with Crippen molar-refractivity contribution in [2.75, 3.05) is 27.4 Å². The van der Waals surface area contributed by atoms with Gasteiger partial charge in [0.2, 0.25) is 0 Å². The monoisotopic (exact) mass is 457 g/mol. The van der Waals surface area contributed by atoms with Gasteiger partial charge in [0, 0.05) is 7.05 Å². The number of thiocarbonyl (C=S) groups is 1. The molecule has 0 N–H and O–H groups in total. The zero-order chi connectivity index (χ0) is 22.4. The Bertz CT molecular complexity index is 972. The fourth-order valence-electron chi connectivity index (χ4n) is 3.03. The number of carbonyl (C=O) groups is 1. The summed E-state index contributed by atoms with van der Waals surface area (Å²) in [5, 5.41) is 0. The van der Waals surface area contributed by atoms with Gasteiger partial charge >= 0.3 is 0 Å². The maximum Gasteiger partial charge on any atom is 0.265 e. The summed E-state index contributed by atoms with van der Waals surface area (Å²) in [5.41, 5.74) is 2.16. The van der Waals surface area contributed by atoms with Gasteiger partial charge in [-0.2, -0.15) is 0 Å². The largest absolute Gasteiger partial charge is 0.493 e. The molecule has 0 saturated carbocycles. The first-order chi connectivity index (χ1) is 14.9. The first-order valence-corrected chi connectivity index (χ1v) is 11.4. The molecule has 0 unspecified atom stereocenters. The third-order valence-corrected chi connectivity index (χ3v) is 6.63. The number of carbonyl (C=O) groups excluding carboxylic acids is 1. The predicted octanol–water partition coefficient (Wildman–Crippen LogP) is 5.50. The Hall–Kier alpha value is -2.51. The molecule has 1 fully saturated rings. The first-order valence-electron chi connectivity index (χ1n) is 10.2. The van der Waals surface area contributed by atoms with Crippen molar-refractivity contribution in [3.8, 4) is 17.2 Å². The van der Waals surface area contributed by atoms with Gasteiger partial charge in [-0.25, -0.2) is 0 Å². The minimum Gasteiger partial charge on any atom is -0.493 e. The van der Waals surface area contributed by atoms with Crippen molar-refractivity contribution in [3.63, 3.8) is 0 Å². The van der Waals surface area contributed by atoms with Crippen LogP contribution in [-0.2, 0) is 4.79 Å². The molecule has 0 aromatic heterocycles. The van der Waals surface area contributed by atoms with E-state index in [4.69, 9.17) is 26.4 Å². The molecule has 0 spiro atoms. The number of nitrogens with zero attached hydrogens (tertiary/aromatic N) is 1. The van der Waals surface area contributed by atoms with E-state index in [-0.39, 0.29) is 5.91 Å². The van der Waals surface area contributed by atoms with Crippen LogP contribution >= 0.6 is 24.0 Å². The minimum absolute atomic E-state index is 0.0939. The molecule has 2 aromatic rings. The molecule has 7 heteroatoms. The normalized spacial score (nSPS) is 16.0. The number of likely N-dealkylation sites (N-methyl/N-ethyl adjacent to an activating group) is 1. The van der Waals surface area contributed by atoms with Crippen molar-refractivity contribution in [1.29, 1.82) is 0 Å². The van der Waals surface area contributed by atoms with Crippen molar-refractivity contribution in [2.24, 2.45) is 0 Å². The van der Waals surface area contributed by atoms with E-state index in [9.17, 15) is 4.79 Å². The lowest BCUT2D eigenvalue weighted by molar-refractivity contribution is -0.121. The maximum atomic E-state index is 12.2. The summed E-state index contributed by atoms with van der Waals surface area (Å²) >= 11 is 6.46. The average molecular weight is 458 g/mol. The van der Waals surface area contributed by atoms with E-state index < -0.39 is 0 Å². The highest BCUT2D eigenvalue weighted by Crippen LogP contribution is 2.34. The number of amides is 1. The number of methoxy groups -OCH3 is 1. The number of ether oxygens (including phenoxy) is 3. The highest BCUT2D eigenvalue weighted by atomic mass is 32.2. The molecule has 0 bridgehead atoms. The number of hydrogen-bond acceptors (Lipinski definition) is 6. The van der Waals surface area contributed by atoms with Crippen LogP contribution in [0.15, 0.2) is 47.4 Å². The Morgan fingerprint density at radius 2 is 1.81 bits per heavy atom. The smallest absolute Gasteiger partial charge is 0.265 e. The molecule has 1 heterocycles. The van der Waals surface area contributed by atoms with E-state index >= 15 is 0 Å². The lowest BCUT2D eigenvalue weighted by Gasteiger charge is -2.13. The fraction of sp³-hybridized carbons (Fsp3) is 0.333. The summed E-state index contributed by atoms with van der Waals surface area (Å²) in [6.45, 7) is 5.21. The zero-order valence-electron chi connectivity index (χ0n) is 18.2. The van der Waals surface area contributed by atoms with Gasteiger partial charge in [-0.3, -0.25) is 9.69 Å². The Morgan fingerprint density at radius 1 is 1.10 bits per heavy atom. The Morgan fingerprint density at radius 3 is 2.42 bits per heavy atom. The van der Waals surface area contributed by atoms with E-state index in [1.54, 1.807) is 20.2 Å². The summed E-state index contributed by atoms with van der Waals surface area (Å²) in [7, 11) is 3.27. The summed E-state index contributed by atoms with van der Waals surface area (Å²) in [5.74, 6) is 2.50. The van der Waals surface area contributed by atoms with Crippen LogP contribution in [0.25, 0.3) is 6.08 Å². The van der Waals surface area contributed by atoms with Gasteiger partial charge in [0.1, 0.15) is 23.3 Å². The number of hydrogen-bond donors (Lipinski definition) is 0. The molecule has 1 saturated heterocycles. The van der Waals surface area contributed by atoms with E-state index in [0.717, 1.165) is 17.7 Å². The molecule has 5 nitrogen and oxygen atoms in total. The van der Waals surface area contributed by atoms with Gasteiger partial charge in [0.05, 0.1) is 12.0 Å². The third-order valence-electron chi connectivity index (χ3n) is 5.14. The summed E-state index contributed by atoms with van der Waals surface area (Å²) < 4.78 is 17.6. The van der Waals surface area contributed by atoms with Crippen molar-refractivity contribution in [3.05, 3.63) is 58.5 Å². The lowest BCUT2D eigenvalue weighted by atomic mass is 9.99. The molecule has 1 aliphatic heterocycles. The Balaban J connectivity index is 1.56. The lowest BCUT2D eigenvalue weighted by Crippen LogP contribution is -2.22. The second-order valence-corrected chi connectivity index (χ2v) is 8.90. The fourth-order valence-corrected chi connectivity index (χ4v) is 4.21. The molecule has 2 aromatic carbocycles. The molecule has 164 valence electrons. The molecule has 31 heavy (non-hydrogen) atoms. The second kappa shape index (κ2) is 10.7. The van der Waals surface area contributed by atoms with Crippen LogP contribution in [-0.4, -0.2) is 42.5 Å². The van der Waals surface area contributed by atoms with E-state index in [2.05, 4.69) is 26.0 Å². The van der Waals surface area contributed by atoms with Crippen LogP contribution in [0.4, 0.5) is 0 Å². The van der Waals surface area contributed by atoms with Crippen LogP contribution in [0.1, 0.15) is 37.3 Å². The van der Waals surface area contributed by atoms with Gasteiger partial charge in [-0.1, -0.05) is 56.0 Å². The van der Waals surface area contributed by atoms with Gasteiger partial charge in [0.15, 0.2) is 11.5 Å². The van der Waals surface area contributed by atoms with Crippen molar-refractivity contribution >= 4 is 40.3 Å². The molecule has 0 aliphatic carbocycles. The SMILES string of the molecule is CC[C@H](C)c1ccc(OCCOc2ccc(/C=C3\SC(=S)N(C)C3=O)cc2OC)cc1. The maximum absolute atomic E-state index is 12.2. The number of thioether (sulfide) groups is 1. The van der Waals surface area contributed by atoms with Crippen molar-refractivity contribution < 1.29 is 19.0 Å². The number of benzene rings is 2.